The summed E-state index contributed by atoms with van der Waals surface area (Å²) >= 11 is 0. The van der Waals surface area contributed by atoms with Crippen LogP contribution in [0.3, 0.4) is 0 Å². The van der Waals surface area contributed by atoms with E-state index in [1.807, 2.05) is 13.8 Å². The molecule has 0 unspecified atom stereocenters. The second kappa shape index (κ2) is 7.01. The molecule has 1 heterocycles. The van der Waals surface area contributed by atoms with Gasteiger partial charge in [0.2, 0.25) is 0 Å². The number of rotatable bonds is 5. The first-order valence-electron chi connectivity index (χ1n) is 7.71. The van der Waals surface area contributed by atoms with Crippen molar-refractivity contribution in [2.24, 2.45) is 5.92 Å². The van der Waals surface area contributed by atoms with Gasteiger partial charge in [-0.3, -0.25) is 4.79 Å². The average molecular weight is 307 g/mol. The molecular weight excluding hydrogens is 282 g/mol. The molecule has 5 nitrogen and oxygen atoms in total. The predicted octanol–water partition coefficient (Wildman–Crippen LogP) is 2.26. The van der Waals surface area contributed by atoms with Gasteiger partial charge in [-0.15, -0.1) is 0 Å². The molecule has 1 aromatic rings. The van der Waals surface area contributed by atoms with Gasteiger partial charge < -0.3 is 19.9 Å². The highest BCUT2D eigenvalue weighted by atomic mass is 16.6. The largest absolute Gasteiger partial charge is 0.504 e. The number of carbonyl (C=O) groups excluding carboxylic acids is 1. The van der Waals surface area contributed by atoms with E-state index in [4.69, 9.17) is 9.47 Å². The molecule has 0 aliphatic carbocycles. The van der Waals surface area contributed by atoms with Crippen LogP contribution >= 0.6 is 0 Å². The van der Waals surface area contributed by atoms with Crippen LogP contribution in [-0.2, 0) is 16.0 Å². The number of piperidine rings is 1. The van der Waals surface area contributed by atoms with Crippen molar-refractivity contribution in [1.29, 1.82) is 0 Å². The van der Waals surface area contributed by atoms with Crippen molar-refractivity contribution in [3.8, 4) is 11.5 Å². The second-order valence-electron chi connectivity index (χ2n) is 6.28. The molecule has 0 atom stereocenters. The molecule has 0 spiro atoms. The molecule has 2 N–H and O–H groups in total. The van der Waals surface area contributed by atoms with E-state index in [0.29, 0.717) is 17.2 Å². The Labute approximate surface area is 131 Å². The molecule has 0 radical (unpaired) electrons. The fourth-order valence-corrected chi connectivity index (χ4v) is 2.94. The normalized spacial score (nSPS) is 16.3. The van der Waals surface area contributed by atoms with Crippen LogP contribution in [0.25, 0.3) is 0 Å². The van der Waals surface area contributed by atoms with Crippen molar-refractivity contribution in [3.05, 3.63) is 23.8 Å². The van der Waals surface area contributed by atoms with Crippen LogP contribution in [0.4, 0.5) is 0 Å². The summed E-state index contributed by atoms with van der Waals surface area (Å²) in [5.74, 6) is 0.535. The summed E-state index contributed by atoms with van der Waals surface area (Å²) < 4.78 is 10.7. The second-order valence-corrected chi connectivity index (χ2v) is 6.28. The molecule has 0 saturated carbocycles. The number of ether oxygens (including phenoxy) is 2. The summed E-state index contributed by atoms with van der Waals surface area (Å²) in [5, 5.41) is 13.1. The summed E-state index contributed by atoms with van der Waals surface area (Å²) in [7, 11) is 1.49. The molecule has 22 heavy (non-hydrogen) atoms. The zero-order valence-corrected chi connectivity index (χ0v) is 13.5. The van der Waals surface area contributed by atoms with E-state index in [9.17, 15) is 9.90 Å². The van der Waals surface area contributed by atoms with E-state index >= 15 is 0 Å². The molecule has 1 fully saturated rings. The Kier molecular flexibility index (Phi) is 5.29. The maximum Gasteiger partial charge on any atom is 0.310 e. The predicted molar refractivity (Wildman–Crippen MR) is 84.1 cm³/mol. The van der Waals surface area contributed by atoms with Gasteiger partial charge in [0.15, 0.2) is 11.5 Å². The van der Waals surface area contributed by atoms with Crippen LogP contribution in [0, 0.1) is 5.92 Å². The molecule has 122 valence electrons. The van der Waals surface area contributed by atoms with Gasteiger partial charge in [-0.1, -0.05) is 6.07 Å². The van der Waals surface area contributed by atoms with E-state index in [1.54, 1.807) is 12.1 Å². The Morgan fingerprint density at radius 3 is 2.64 bits per heavy atom. The zero-order valence-electron chi connectivity index (χ0n) is 13.5. The van der Waals surface area contributed by atoms with Crippen LogP contribution in [0.1, 0.15) is 32.3 Å². The molecule has 2 rings (SSSR count). The number of phenols is 1. The summed E-state index contributed by atoms with van der Waals surface area (Å²) in [6.07, 6.45) is 2.18. The Hall–Kier alpha value is -1.75. The Bertz CT molecular complexity index is 521. The van der Waals surface area contributed by atoms with Crippen LogP contribution in [0.2, 0.25) is 0 Å². The number of aromatic hydroxyl groups is 1. The number of methoxy groups -OCH3 is 1. The first-order chi connectivity index (χ1) is 10.4. The molecule has 0 aromatic heterocycles. The topological polar surface area (TPSA) is 67.8 Å². The first-order valence-corrected chi connectivity index (χ1v) is 7.71. The number of carbonyl (C=O) groups is 1. The lowest BCUT2D eigenvalue weighted by atomic mass is 9.83. The number of benzene rings is 1. The molecule has 1 aliphatic heterocycles. The van der Waals surface area contributed by atoms with Crippen LogP contribution < -0.4 is 10.1 Å². The quantitative estimate of drug-likeness (QED) is 0.817. The van der Waals surface area contributed by atoms with Gasteiger partial charge in [0, 0.05) is 5.92 Å². The Balaban J connectivity index is 1.95. The summed E-state index contributed by atoms with van der Waals surface area (Å²) in [6.45, 7) is 5.90. The average Bonchev–Trinajstić information content (AvgIpc) is 2.47. The van der Waals surface area contributed by atoms with Crippen molar-refractivity contribution < 1.29 is 19.4 Å². The van der Waals surface area contributed by atoms with Gasteiger partial charge >= 0.3 is 5.97 Å². The van der Waals surface area contributed by atoms with E-state index < -0.39 is 5.60 Å². The lowest BCUT2D eigenvalue weighted by Gasteiger charge is -2.36. The molecule has 1 saturated heterocycles. The van der Waals surface area contributed by atoms with Crippen molar-refractivity contribution in [2.45, 2.75) is 38.7 Å². The Morgan fingerprint density at radius 1 is 1.36 bits per heavy atom. The lowest BCUT2D eigenvalue weighted by molar-refractivity contribution is -0.161. The maximum atomic E-state index is 12.2. The van der Waals surface area contributed by atoms with E-state index in [-0.39, 0.29) is 18.1 Å². The smallest absolute Gasteiger partial charge is 0.310 e. The van der Waals surface area contributed by atoms with Crippen molar-refractivity contribution in [3.63, 3.8) is 0 Å². The third-order valence-corrected chi connectivity index (χ3v) is 4.29. The van der Waals surface area contributed by atoms with Gasteiger partial charge in [-0.25, -0.2) is 0 Å². The number of phenolic OH excluding ortho intramolecular Hbond substituents is 1. The number of esters is 1. The SMILES string of the molecule is COc1ccc(CC(=O)OC(C)(C)C2CCNCC2)cc1O. The van der Waals surface area contributed by atoms with Gasteiger partial charge in [0.05, 0.1) is 13.5 Å². The van der Waals surface area contributed by atoms with Crippen LogP contribution in [-0.4, -0.2) is 36.9 Å². The highest BCUT2D eigenvalue weighted by Crippen LogP contribution is 2.30. The lowest BCUT2D eigenvalue weighted by Crippen LogP contribution is -2.43. The van der Waals surface area contributed by atoms with E-state index in [1.165, 1.54) is 13.2 Å². The minimum Gasteiger partial charge on any atom is -0.504 e. The molecule has 0 bridgehead atoms. The summed E-state index contributed by atoms with van der Waals surface area (Å²) in [4.78, 5) is 12.2. The van der Waals surface area contributed by atoms with Crippen molar-refractivity contribution in [1.82, 2.24) is 5.32 Å². The minimum absolute atomic E-state index is 0.0328. The minimum atomic E-state index is -0.465. The highest BCUT2D eigenvalue weighted by molar-refractivity contribution is 5.73. The van der Waals surface area contributed by atoms with E-state index in [2.05, 4.69) is 5.32 Å². The summed E-state index contributed by atoms with van der Waals surface area (Å²) in [5.41, 5.74) is 0.248. The zero-order chi connectivity index (χ0) is 16.2. The standard InChI is InChI=1S/C17H25NO4/c1-17(2,13-6-8-18-9-7-13)22-16(20)11-12-4-5-15(21-3)14(19)10-12/h4-5,10,13,18-19H,6-9,11H2,1-3H3. The van der Waals surface area contributed by atoms with Crippen molar-refractivity contribution in [2.75, 3.05) is 20.2 Å². The van der Waals surface area contributed by atoms with Gasteiger partial charge in [-0.2, -0.15) is 0 Å². The van der Waals surface area contributed by atoms with E-state index in [0.717, 1.165) is 25.9 Å². The molecule has 1 aromatic carbocycles. The van der Waals surface area contributed by atoms with Gasteiger partial charge in [0.25, 0.3) is 0 Å². The summed E-state index contributed by atoms with van der Waals surface area (Å²) in [6, 6.07) is 4.95. The molecular formula is C17H25NO4. The molecule has 1 aliphatic rings. The number of nitrogens with one attached hydrogen (secondary N) is 1. The Morgan fingerprint density at radius 2 is 2.05 bits per heavy atom. The number of hydrogen-bond acceptors (Lipinski definition) is 5. The highest BCUT2D eigenvalue weighted by Gasteiger charge is 2.34. The molecule has 0 amide bonds. The molecule has 5 heteroatoms. The maximum absolute atomic E-state index is 12.2. The van der Waals surface area contributed by atoms with Gasteiger partial charge in [0.1, 0.15) is 5.60 Å². The third kappa shape index (κ3) is 4.13. The first kappa shape index (κ1) is 16.6. The fourth-order valence-electron chi connectivity index (χ4n) is 2.94. The van der Waals surface area contributed by atoms with Crippen molar-refractivity contribution >= 4 is 5.97 Å². The number of hydrogen-bond donors (Lipinski definition) is 2. The van der Waals surface area contributed by atoms with Crippen LogP contribution in [0.5, 0.6) is 11.5 Å². The third-order valence-electron chi connectivity index (χ3n) is 4.29. The fraction of sp³-hybridized carbons (Fsp3) is 0.588. The van der Waals surface area contributed by atoms with Crippen LogP contribution in [0.15, 0.2) is 18.2 Å². The monoisotopic (exact) mass is 307 g/mol. The van der Waals surface area contributed by atoms with Gasteiger partial charge in [-0.05, 0) is 57.5 Å².